The van der Waals surface area contributed by atoms with Crippen molar-refractivity contribution in [2.45, 2.75) is 39.7 Å². The van der Waals surface area contributed by atoms with Crippen molar-refractivity contribution in [2.75, 3.05) is 32.1 Å². The van der Waals surface area contributed by atoms with Gasteiger partial charge in [-0.15, -0.1) is 0 Å². The third kappa shape index (κ3) is 4.97. The highest BCUT2D eigenvalue weighted by Gasteiger charge is 2.23. The molecule has 1 aromatic rings. The molecule has 0 radical (unpaired) electrons. The molecule has 0 unspecified atom stereocenters. The summed E-state index contributed by atoms with van der Waals surface area (Å²) in [5.74, 6) is 0.594. The quantitative estimate of drug-likeness (QED) is 0.756. The fraction of sp³-hybridized carbons (Fsp3) is 0.667. The van der Waals surface area contributed by atoms with Crippen molar-refractivity contribution in [3.63, 3.8) is 0 Å². The van der Waals surface area contributed by atoms with Gasteiger partial charge in [0.15, 0.2) is 0 Å². The summed E-state index contributed by atoms with van der Waals surface area (Å²) in [6.45, 7) is 8.02. The molecule has 0 saturated carbocycles. The van der Waals surface area contributed by atoms with Gasteiger partial charge < -0.3 is 15.0 Å². The first-order valence-corrected chi connectivity index (χ1v) is 7.53. The van der Waals surface area contributed by atoms with Crippen LogP contribution in [0.1, 0.15) is 44.1 Å². The molecule has 6 nitrogen and oxygen atoms in total. The molecule has 0 bridgehead atoms. The molecule has 0 aromatic carbocycles. The zero-order valence-electron chi connectivity index (χ0n) is 13.4. The largest absolute Gasteiger partial charge is 0.383 e. The lowest BCUT2D eigenvalue weighted by molar-refractivity contribution is 0.0583. The van der Waals surface area contributed by atoms with Gasteiger partial charge in [-0.25, -0.2) is 9.97 Å². The Morgan fingerprint density at radius 2 is 2.00 bits per heavy atom. The molecule has 0 saturated heterocycles. The van der Waals surface area contributed by atoms with Crippen molar-refractivity contribution in [3.05, 3.63) is 18.1 Å². The number of rotatable bonds is 9. The number of hydrogen-bond donors (Lipinski definition) is 1. The maximum atomic E-state index is 12.6. The van der Waals surface area contributed by atoms with E-state index >= 15 is 0 Å². The Morgan fingerprint density at radius 1 is 1.29 bits per heavy atom. The van der Waals surface area contributed by atoms with Crippen LogP contribution < -0.4 is 5.32 Å². The molecule has 118 valence electrons. The first-order chi connectivity index (χ1) is 10.2. The number of hydrogen-bond acceptors (Lipinski definition) is 5. The number of carbonyl (C=O) groups is 1. The van der Waals surface area contributed by atoms with Crippen molar-refractivity contribution in [1.29, 1.82) is 0 Å². The zero-order valence-corrected chi connectivity index (χ0v) is 13.4. The molecule has 0 aliphatic carbocycles. The standard InChI is InChI=1S/C15H26N4O2/c1-5-12(6-2)19(8-9-21-4)15(20)13-10-18-14(11-17-13)16-7-3/h10-12H,5-9H2,1-4H3,(H,16,18). The highest BCUT2D eigenvalue weighted by Crippen LogP contribution is 2.13. The maximum Gasteiger partial charge on any atom is 0.274 e. The van der Waals surface area contributed by atoms with Crippen LogP contribution in [0.15, 0.2) is 12.4 Å². The third-order valence-electron chi connectivity index (χ3n) is 3.41. The third-order valence-corrected chi connectivity index (χ3v) is 3.41. The minimum atomic E-state index is -0.0868. The van der Waals surface area contributed by atoms with Crippen molar-refractivity contribution in [1.82, 2.24) is 14.9 Å². The number of ether oxygens (including phenoxy) is 1. The number of aromatic nitrogens is 2. The fourth-order valence-corrected chi connectivity index (χ4v) is 2.23. The lowest BCUT2D eigenvalue weighted by Crippen LogP contribution is -2.42. The van der Waals surface area contributed by atoms with Gasteiger partial charge in [-0.05, 0) is 19.8 Å². The van der Waals surface area contributed by atoms with Crippen molar-refractivity contribution in [2.24, 2.45) is 0 Å². The van der Waals surface area contributed by atoms with Gasteiger partial charge in [-0.2, -0.15) is 0 Å². The molecule has 1 N–H and O–H groups in total. The van der Waals surface area contributed by atoms with Gasteiger partial charge in [-0.3, -0.25) is 4.79 Å². The molecule has 1 amide bonds. The van der Waals surface area contributed by atoms with E-state index in [9.17, 15) is 4.79 Å². The van der Waals surface area contributed by atoms with Crippen LogP contribution >= 0.6 is 0 Å². The molecule has 0 atom stereocenters. The minimum absolute atomic E-state index is 0.0868. The van der Waals surface area contributed by atoms with Crippen LogP contribution in [0.3, 0.4) is 0 Å². The van der Waals surface area contributed by atoms with Crippen molar-refractivity contribution >= 4 is 11.7 Å². The van der Waals surface area contributed by atoms with E-state index in [1.807, 2.05) is 11.8 Å². The SMILES string of the molecule is CCNc1cnc(C(=O)N(CCOC)C(CC)CC)cn1. The summed E-state index contributed by atoms with van der Waals surface area (Å²) in [5.41, 5.74) is 0.375. The molecule has 1 aromatic heterocycles. The van der Waals surface area contributed by atoms with E-state index in [2.05, 4.69) is 29.1 Å². The van der Waals surface area contributed by atoms with Crippen molar-refractivity contribution < 1.29 is 9.53 Å². The summed E-state index contributed by atoms with van der Waals surface area (Å²) in [7, 11) is 1.64. The normalized spacial score (nSPS) is 10.7. The van der Waals surface area contributed by atoms with E-state index in [0.717, 1.165) is 19.4 Å². The number of anilines is 1. The Morgan fingerprint density at radius 3 is 2.48 bits per heavy atom. The van der Waals surface area contributed by atoms with Gasteiger partial charge >= 0.3 is 0 Å². The molecular formula is C15H26N4O2. The fourth-order valence-electron chi connectivity index (χ4n) is 2.23. The number of methoxy groups -OCH3 is 1. The first-order valence-electron chi connectivity index (χ1n) is 7.53. The van der Waals surface area contributed by atoms with Crippen LogP contribution in [-0.2, 0) is 4.74 Å². The number of carbonyl (C=O) groups excluding carboxylic acids is 1. The zero-order chi connectivity index (χ0) is 15.7. The second kappa shape index (κ2) is 9.28. The number of nitrogens with zero attached hydrogens (tertiary/aromatic N) is 3. The van der Waals surface area contributed by atoms with E-state index < -0.39 is 0 Å². The van der Waals surface area contributed by atoms with E-state index in [4.69, 9.17) is 4.74 Å². The van der Waals surface area contributed by atoms with Gasteiger partial charge in [0.05, 0.1) is 19.0 Å². The lowest BCUT2D eigenvalue weighted by Gasteiger charge is -2.30. The summed E-state index contributed by atoms with van der Waals surface area (Å²) in [5, 5.41) is 3.06. The predicted octanol–water partition coefficient (Wildman–Crippen LogP) is 2.19. The first kappa shape index (κ1) is 17.4. The van der Waals surface area contributed by atoms with E-state index in [0.29, 0.717) is 24.7 Å². The average Bonchev–Trinajstić information content (AvgIpc) is 2.52. The van der Waals surface area contributed by atoms with Crippen LogP contribution in [-0.4, -0.2) is 53.6 Å². The Balaban J connectivity index is 2.87. The second-order valence-corrected chi connectivity index (χ2v) is 4.78. The monoisotopic (exact) mass is 294 g/mol. The maximum absolute atomic E-state index is 12.6. The second-order valence-electron chi connectivity index (χ2n) is 4.78. The van der Waals surface area contributed by atoms with Crippen LogP contribution in [0, 0.1) is 0 Å². The molecular weight excluding hydrogens is 268 g/mol. The molecule has 0 aliphatic rings. The Labute approximate surface area is 126 Å². The highest BCUT2D eigenvalue weighted by atomic mass is 16.5. The molecule has 0 spiro atoms. The van der Waals surface area contributed by atoms with Crippen LogP contribution in [0.25, 0.3) is 0 Å². The topological polar surface area (TPSA) is 67.4 Å². The summed E-state index contributed by atoms with van der Waals surface area (Å²) in [4.78, 5) is 22.9. The number of nitrogens with one attached hydrogen (secondary N) is 1. The van der Waals surface area contributed by atoms with Crippen LogP contribution in [0.2, 0.25) is 0 Å². The molecule has 21 heavy (non-hydrogen) atoms. The molecule has 1 heterocycles. The molecule has 1 rings (SSSR count). The smallest absolute Gasteiger partial charge is 0.274 e. The van der Waals surface area contributed by atoms with E-state index in [1.54, 1.807) is 13.3 Å². The Bertz CT molecular complexity index is 418. The van der Waals surface area contributed by atoms with Gasteiger partial charge in [0, 0.05) is 26.2 Å². The molecule has 0 fully saturated rings. The highest BCUT2D eigenvalue weighted by molar-refractivity contribution is 5.92. The van der Waals surface area contributed by atoms with Gasteiger partial charge in [0.25, 0.3) is 5.91 Å². The number of amides is 1. The van der Waals surface area contributed by atoms with Crippen LogP contribution in [0.4, 0.5) is 5.82 Å². The Kier molecular flexibility index (Phi) is 7.68. The van der Waals surface area contributed by atoms with Crippen LogP contribution in [0.5, 0.6) is 0 Å². The summed E-state index contributed by atoms with van der Waals surface area (Å²) in [6.07, 6.45) is 4.95. The van der Waals surface area contributed by atoms with E-state index in [1.165, 1.54) is 6.20 Å². The van der Waals surface area contributed by atoms with Gasteiger partial charge in [0.2, 0.25) is 0 Å². The minimum Gasteiger partial charge on any atom is -0.383 e. The lowest BCUT2D eigenvalue weighted by atomic mass is 10.1. The molecule has 0 aliphatic heterocycles. The van der Waals surface area contributed by atoms with E-state index in [-0.39, 0.29) is 11.9 Å². The summed E-state index contributed by atoms with van der Waals surface area (Å²) in [6, 6.07) is 0.197. The van der Waals surface area contributed by atoms with Crippen molar-refractivity contribution in [3.8, 4) is 0 Å². The average molecular weight is 294 g/mol. The predicted molar refractivity (Wildman–Crippen MR) is 83.5 cm³/mol. The molecule has 6 heteroatoms. The van der Waals surface area contributed by atoms with Gasteiger partial charge in [-0.1, -0.05) is 13.8 Å². The summed E-state index contributed by atoms with van der Waals surface area (Å²) >= 11 is 0. The summed E-state index contributed by atoms with van der Waals surface area (Å²) < 4.78 is 5.11. The Hall–Kier alpha value is -1.69. The van der Waals surface area contributed by atoms with Gasteiger partial charge in [0.1, 0.15) is 11.5 Å².